The Morgan fingerprint density at radius 3 is 1.83 bits per heavy atom. The first-order valence-electron chi connectivity index (χ1n) is 5.05. The van der Waals surface area contributed by atoms with Crippen LogP contribution in [0.25, 0.3) is 0 Å². The zero-order valence-corrected chi connectivity index (χ0v) is 12.3. The fourth-order valence-corrected chi connectivity index (χ4v) is 3.80. The quantitative estimate of drug-likeness (QED) is 0.344. The van der Waals surface area contributed by atoms with Gasteiger partial charge in [0.2, 0.25) is 0 Å². The summed E-state index contributed by atoms with van der Waals surface area (Å²) in [6, 6.07) is 0.786. The monoisotopic (exact) mass is 314 g/mol. The molecule has 0 spiro atoms. The molecule has 0 heterocycles. The van der Waals surface area contributed by atoms with Gasteiger partial charge in [0.05, 0.1) is 0 Å². The largest absolute Gasteiger partial charge is 0.186 e. The van der Waals surface area contributed by atoms with E-state index in [1.807, 2.05) is 0 Å². The summed E-state index contributed by atoms with van der Waals surface area (Å²) in [7, 11) is 0. The van der Waals surface area contributed by atoms with Crippen LogP contribution in [0.4, 0.5) is 0 Å². The van der Waals surface area contributed by atoms with E-state index in [0.717, 1.165) is 0 Å². The minimum Gasteiger partial charge on any atom is -0.116 e. The molecule has 12 heavy (non-hydrogen) atoms. The number of hydrogen-bond donors (Lipinski definition) is 0. The normalized spacial score (nSPS) is 11.0. The molecule has 74 valence electrons. The molecule has 0 atom stereocenters. The van der Waals surface area contributed by atoms with Crippen molar-refractivity contribution in [2.75, 3.05) is 0 Å². The summed E-state index contributed by atoms with van der Waals surface area (Å²) in [4.78, 5) is 0. The van der Waals surface area contributed by atoms with E-state index in [9.17, 15) is 0 Å². The van der Waals surface area contributed by atoms with E-state index in [2.05, 4.69) is 37.5 Å². The van der Waals surface area contributed by atoms with E-state index in [1.165, 1.54) is 51.0 Å². The van der Waals surface area contributed by atoms with Crippen LogP contribution in [-0.4, -0.2) is 6.04 Å². The first-order valence-corrected chi connectivity index (χ1v) is 12.2. The highest BCUT2D eigenvalue weighted by Gasteiger charge is 1.98. The first-order chi connectivity index (χ1) is 5.77. The lowest BCUT2D eigenvalue weighted by Crippen LogP contribution is -1.89. The lowest BCUT2D eigenvalue weighted by Gasteiger charge is -2.00. The van der Waals surface area contributed by atoms with E-state index in [1.54, 1.807) is 0 Å². The topological polar surface area (TPSA) is 0 Å². The van der Waals surface area contributed by atoms with Gasteiger partial charge in [-0.05, 0) is 6.04 Å². The summed E-state index contributed by atoms with van der Waals surface area (Å²) in [5.41, 5.74) is 0. The minimum absolute atomic E-state index is 0.610. The molecule has 0 aliphatic carbocycles. The summed E-state index contributed by atoms with van der Waals surface area (Å²) >= 11 is 7.25. The van der Waals surface area contributed by atoms with Gasteiger partial charge in [-0.15, -0.1) is 30.6 Å². The van der Waals surface area contributed by atoms with Gasteiger partial charge in [-0.25, -0.2) is 0 Å². The zero-order valence-electron chi connectivity index (χ0n) is 7.99. The van der Waals surface area contributed by atoms with Crippen molar-refractivity contribution in [1.29, 1.82) is 0 Å². The molecule has 0 aromatic heterocycles. The van der Waals surface area contributed by atoms with Crippen LogP contribution in [0, 0.1) is 0 Å². The fourth-order valence-electron chi connectivity index (χ4n) is 1.26. The van der Waals surface area contributed by atoms with Crippen LogP contribution in [0.15, 0.2) is 0 Å². The molecule has 0 nitrogen and oxygen atoms in total. The molecule has 0 saturated carbocycles. The van der Waals surface area contributed by atoms with E-state index < -0.39 is 6.04 Å². The molecule has 0 saturated heterocycles. The van der Waals surface area contributed by atoms with Gasteiger partial charge in [-0.3, -0.25) is 0 Å². The van der Waals surface area contributed by atoms with Crippen LogP contribution in [0.2, 0.25) is 6.04 Å². The molecular formula is C9H20Br2Si. The zero-order chi connectivity index (χ0) is 9.23. The number of unbranched alkanes of at least 4 members (excludes halogenated alkanes) is 6. The first kappa shape index (κ1) is 13.2. The van der Waals surface area contributed by atoms with Crippen molar-refractivity contribution in [3.8, 4) is 0 Å². The van der Waals surface area contributed by atoms with Crippen LogP contribution in [0.3, 0.4) is 0 Å². The second-order valence-electron chi connectivity index (χ2n) is 3.30. The summed E-state index contributed by atoms with van der Waals surface area (Å²) in [6.07, 6.45) is 9.97. The fraction of sp³-hybridized carbons (Fsp3) is 1.00. The van der Waals surface area contributed by atoms with Crippen LogP contribution in [0.1, 0.15) is 51.9 Å². The van der Waals surface area contributed by atoms with E-state index in [0.29, 0.717) is 0 Å². The average molecular weight is 316 g/mol. The Labute approximate surface area is 94.3 Å². The number of rotatable bonds is 8. The summed E-state index contributed by atoms with van der Waals surface area (Å²) in [5, 5.41) is 0. The SMILES string of the molecule is CCCCCCCCC[SiH](Br)Br. The molecule has 0 amide bonds. The summed E-state index contributed by atoms with van der Waals surface area (Å²) in [5.74, 6) is 0. The highest BCUT2D eigenvalue weighted by molar-refractivity contribution is 9.49. The minimum atomic E-state index is -0.610. The molecule has 0 fully saturated rings. The van der Waals surface area contributed by atoms with Crippen molar-refractivity contribution in [1.82, 2.24) is 0 Å². The Hall–Kier alpha value is 1.18. The predicted molar refractivity (Wildman–Crippen MR) is 67.8 cm³/mol. The predicted octanol–water partition coefficient (Wildman–Crippen LogP) is 4.75. The lowest BCUT2D eigenvalue weighted by atomic mass is 10.1. The van der Waals surface area contributed by atoms with E-state index >= 15 is 0 Å². The van der Waals surface area contributed by atoms with Crippen molar-refractivity contribution >= 4 is 36.6 Å². The molecular weight excluding hydrogens is 296 g/mol. The number of halogens is 2. The van der Waals surface area contributed by atoms with Crippen LogP contribution >= 0.6 is 30.6 Å². The van der Waals surface area contributed by atoms with E-state index in [4.69, 9.17) is 0 Å². The van der Waals surface area contributed by atoms with Crippen molar-refractivity contribution in [3.05, 3.63) is 0 Å². The third-order valence-electron chi connectivity index (χ3n) is 2.03. The molecule has 0 bridgehead atoms. The molecule has 0 aromatic carbocycles. The van der Waals surface area contributed by atoms with Crippen molar-refractivity contribution < 1.29 is 0 Å². The third kappa shape index (κ3) is 11.2. The summed E-state index contributed by atoms with van der Waals surface area (Å²) in [6.45, 7) is 2.27. The Morgan fingerprint density at radius 2 is 1.33 bits per heavy atom. The smallest absolute Gasteiger partial charge is 0.116 e. The van der Waals surface area contributed by atoms with Crippen LogP contribution in [-0.2, 0) is 0 Å². The van der Waals surface area contributed by atoms with Gasteiger partial charge in [0, 0.05) is 0 Å². The Balaban J connectivity index is 2.82. The Morgan fingerprint density at radius 1 is 0.833 bits per heavy atom. The maximum atomic E-state index is 3.62. The Bertz CT molecular complexity index is 86.6. The van der Waals surface area contributed by atoms with Crippen molar-refractivity contribution in [2.24, 2.45) is 0 Å². The molecule has 3 heteroatoms. The lowest BCUT2D eigenvalue weighted by molar-refractivity contribution is 0.602. The molecule has 0 aromatic rings. The van der Waals surface area contributed by atoms with Gasteiger partial charge in [-0.1, -0.05) is 51.9 Å². The van der Waals surface area contributed by atoms with E-state index in [-0.39, 0.29) is 0 Å². The highest BCUT2D eigenvalue weighted by atomic mass is 79.9. The van der Waals surface area contributed by atoms with Gasteiger partial charge in [0.25, 0.3) is 0 Å². The van der Waals surface area contributed by atoms with Gasteiger partial charge in [0.15, 0.2) is 6.04 Å². The molecule has 0 N–H and O–H groups in total. The maximum absolute atomic E-state index is 3.62. The maximum Gasteiger partial charge on any atom is 0.186 e. The molecule has 0 aliphatic heterocycles. The molecule has 0 aliphatic rings. The molecule has 0 unspecified atom stereocenters. The van der Waals surface area contributed by atoms with Crippen LogP contribution in [0.5, 0.6) is 0 Å². The second-order valence-corrected chi connectivity index (χ2v) is 15.0. The molecule has 0 radical (unpaired) electrons. The highest BCUT2D eigenvalue weighted by Crippen LogP contribution is 2.15. The van der Waals surface area contributed by atoms with Gasteiger partial charge >= 0.3 is 0 Å². The van der Waals surface area contributed by atoms with Gasteiger partial charge in [0.1, 0.15) is 0 Å². The molecule has 0 rings (SSSR count). The van der Waals surface area contributed by atoms with Crippen molar-refractivity contribution in [2.45, 2.75) is 57.9 Å². The number of hydrogen-bond acceptors (Lipinski definition) is 0. The average Bonchev–Trinajstić information content (AvgIpc) is 2.02. The standard InChI is InChI=1S/C9H20Br2Si/c1-2-3-4-5-6-7-8-9-12(10)11/h12H,2-9H2,1H3. The third-order valence-corrected chi connectivity index (χ3v) is 5.62. The summed E-state index contributed by atoms with van der Waals surface area (Å²) < 4.78 is 0. The second kappa shape index (κ2) is 10.3. The Kier molecular flexibility index (Phi) is 11.3. The van der Waals surface area contributed by atoms with Gasteiger partial charge in [-0.2, -0.15) is 0 Å². The van der Waals surface area contributed by atoms with Crippen molar-refractivity contribution in [3.63, 3.8) is 0 Å². The van der Waals surface area contributed by atoms with Gasteiger partial charge < -0.3 is 0 Å². The van der Waals surface area contributed by atoms with Crippen LogP contribution < -0.4 is 0 Å².